The van der Waals surface area contributed by atoms with Crippen molar-refractivity contribution < 1.29 is 14.3 Å². The van der Waals surface area contributed by atoms with Crippen molar-refractivity contribution in [2.24, 2.45) is 0 Å². The summed E-state index contributed by atoms with van der Waals surface area (Å²) in [6.45, 7) is 1.46. The molecule has 2 aromatic heterocycles. The Kier molecular flexibility index (Phi) is 4.92. The molecule has 0 bridgehead atoms. The number of fused-ring (bicyclic) bond motifs is 1. The lowest BCUT2D eigenvalue weighted by atomic mass is 10.3. The third-order valence-electron chi connectivity index (χ3n) is 3.44. The summed E-state index contributed by atoms with van der Waals surface area (Å²) in [6.07, 6.45) is 2.26. The number of anilines is 1. The fourth-order valence-corrected chi connectivity index (χ4v) is 2.49. The predicted molar refractivity (Wildman–Crippen MR) is 95.2 cm³/mol. The van der Waals surface area contributed by atoms with E-state index in [2.05, 4.69) is 10.3 Å². The summed E-state index contributed by atoms with van der Waals surface area (Å²) in [5, 5.41) is 3.11. The van der Waals surface area contributed by atoms with Crippen LogP contribution in [0.2, 0.25) is 10.0 Å². The van der Waals surface area contributed by atoms with Gasteiger partial charge in [-0.1, -0.05) is 35.3 Å². The van der Waals surface area contributed by atoms with Crippen molar-refractivity contribution in [1.29, 1.82) is 0 Å². The van der Waals surface area contributed by atoms with Gasteiger partial charge in [-0.2, -0.15) is 0 Å². The molecule has 0 radical (unpaired) electrons. The van der Waals surface area contributed by atoms with Crippen LogP contribution in [0.1, 0.15) is 17.4 Å². The Labute approximate surface area is 153 Å². The molecule has 1 amide bonds. The van der Waals surface area contributed by atoms with Crippen LogP contribution < -0.4 is 5.32 Å². The minimum Gasteiger partial charge on any atom is -0.448 e. The van der Waals surface area contributed by atoms with E-state index in [4.69, 9.17) is 27.9 Å². The number of nitrogens with zero attached hydrogens (tertiary/aromatic N) is 2. The van der Waals surface area contributed by atoms with Crippen LogP contribution in [-0.4, -0.2) is 27.4 Å². The number of halogens is 2. The number of ether oxygens (including phenoxy) is 1. The highest BCUT2D eigenvalue weighted by Gasteiger charge is 2.21. The van der Waals surface area contributed by atoms with Gasteiger partial charge in [0, 0.05) is 12.4 Å². The lowest BCUT2D eigenvalue weighted by Crippen LogP contribution is -2.30. The van der Waals surface area contributed by atoms with Gasteiger partial charge < -0.3 is 14.5 Å². The van der Waals surface area contributed by atoms with Crippen molar-refractivity contribution in [3.8, 4) is 0 Å². The van der Waals surface area contributed by atoms with E-state index in [0.717, 1.165) is 0 Å². The lowest BCUT2D eigenvalue weighted by Gasteiger charge is -2.13. The zero-order valence-corrected chi connectivity index (χ0v) is 14.6. The predicted octanol–water partition coefficient (Wildman–Crippen LogP) is 3.83. The molecule has 0 fully saturated rings. The molecule has 0 saturated heterocycles. The summed E-state index contributed by atoms with van der Waals surface area (Å²) < 4.78 is 6.85. The Morgan fingerprint density at radius 3 is 2.76 bits per heavy atom. The van der Waals surface area contributed by atoms with Crippen molar-refractivity contribution in [3.63, 3.8) is 0 Å². The van der Waals surface area contributed by atoms with Crippen LogP contribution >= 0.6 is 23.2 Å². The topological polar surface area (TPSA) is 72.7 Å². The van der Waals surface area contributed by atoms with Gasteiger partial charge in [-0.3, -0.25) is 4.79 Å². The molecule has 0 unspecified atom stereocenters. The number of benzene rings is 1. The highest BCUT2D eigenvalue weighted by molar-refractivity contribution is 6.44. The first-order valence-electron chi connectivity index (χ1n) is 7.35. The standard InChI is InChI=1S/C17H13Cl2N3O3/c1-10(16(23)21-12-6-4-5-11(18)15(12)19)25-17(24)13-9-22-8-3-2-7-14(22)20-13/h2-10H,1H3,(H,21,23)/t10-/m0/s1. The SMILES string of the molecule is C[C@H](OC(=O)c1cn2ccccc2n1)C(=O)Nc1cccc(Cl)c1Cl. The Morgan fingerprint density at radius 2 is 2.00 bits per heavy atom. The summed E-state index contributed by atoms with van der Waals surface area (Å²) in [6, 6.07) is 10.2. The van der Waals surface area contributed by atoms with E-state index < -0.39 is 18.0 Å². The van der Waals surface area contributed by atoms with Crippen LogP contribution in [0.5, 0.6) is 0 Å². The normalized spacial score (nSPS) is 12.0. The molecule has 3 aromatic rings. The van der Waals surface area contributed by atoms with Crippen LogP contribution in [0, 0.1) is 0 Å². The second kappa shape index (κ2) is 7.13. The first-order valence-corrected chi connectivity index (χ1v) is 8.11. The number of nitrogens with one attached hydrogen (secondary N) is 1. The van der Waals surface area contributed by atoms with E-state index in [0.29, 0.717) is 16.4 Å². The molecule has 0 saturated carbocycles. The Morgan fingerprint density at radius 1 is 1.20 bits per heavy atom. The van der Waals surface area contributed by atoms with E-state index in [1.807, 2.05) is 12.1 Å². The summed E-state index contributed by atoms with van der Waals surface area (Å²) in [5.41, 5.74) is 1.07. The quantitative estimate of drug-likeness (QED) is 0.701. The maximum atomic E-state index is 12.2. The molecule has 0 aliphatic rings. The van der Waals surface area contributed by atoms with Crippen molar-refractivity contribution in [3.05, 3.63) is 64.5 Å². The van der Waals surface area contributed by atoms with Gasteiger partial charge in [0.1, 0.15) is 5.65 Å². The zero-order valence-electron chi connectivity index (χ0n) is 13.1. The molecule has 1 aromatic carbocycles. The van der Waals surface area contributed by atoms with E-state index in [9.17, 15) is 9.59 Å². The van der Waals surface area contributed by atoms with Gasteiger partial charge in [0.05, 0.1) is 15.7 Å². The number of hydrogen-bond donors (Lipinski definition) is 1. The fourth-order valence-electron chi connectivity index (χ4n) is 2.14. The number of pyridine rings is 1. The maximum Gasteiger partial charge on any atom is 0.359 e. The minimum atomic E-state index is -1.03. The minimum absolute atomic E-state index is 0.117. The highest BCUT2D eigenvalue weighted by Crippen LogP contribution is 2.29. The second-order valence-electron chi connectivity index (χ2n) is 5.23. The van der Waals surface area contributed by atoms with Crippen LogP contribution in [0.25, 0.3) is 5.65 Å². The first kappa shape index (κ1) is 17.3. The van der Waals surface area contributed by atoms with E-state index in [1.54, 1.807) is 34.9 Å². The number of imidazole rings is 1. The van der Waals surface area contributed by atoms with Crippen LogP contribution in [0.15, 0.2) is 48.8 Å². The van der Waals surface area contributed by atoms with E-state index in [-0.39, 0.29) is 10.7 Å². The van der Waals surface area contributed by atoms with Crippen LogP contribution in [0.4, 0.5) is 5.69 Å². The van der Waals surface area contributed by atoms with Gasteiger partial charge in [0.15, 0.2) is 11.8 Å². The van der Waals surface area contributed by atoms with Gasteiger partial charge >= 0.3 is 5.97 Å². The summed E-state index contributed by atoms with van der Waals surface area (Å²) >= 11 is 11.9. The molecule has 128 valence electrons. The molecule has 1 N–H and O–H groups in total. The van der Waals surface area contributed by atoms with E-state index in [1.165, 1.54) is 13.1 Å². The van der Waals surface area contributed by atoms with Crippen LogP contribution in [-0.2, 0) is 9.53 Å². The Hall–Kier alpha value is -2.57. The molecular weight excluding hydrogens is 365 g/mol. The number of esters is 1. The summed E-state index contributed by atoms with van der Waals surface area (Å²) in [5.74, 6) is -1.22. The number of amides is 1. The van der Waals surface area contributed by atoms with Crippen molar-refractivity contribution in [2.45, 2.75) is 13.0 Å². The molecular formula is C17H13Cl2N3O3. The van der Waals surface area contributed by atoms with Gasteiger partial charge in [-0.05, 0) is 31.2 Å². The average molecular weight is 378 g/mol. The van der Waals surface area contributed by atoms with Gasteiger partial charge in [0.25, 0.3) is 5.91 Å². The van der Waals surface area contributed by atoms with Crippen molar-refractivity contribution in [1.82, 2.24) is 9.38 Å². The molecule has 6 nitrogen and oxygen atoms in total. The Bertz CT molecular complexity index is 922. The molecule has 0 aliphatic heterocycles. The molecule has 1 atom stereocenters. The first-order chi connectivity index (χ1) is 12.0. The average Bonchev–Trinajstić information content (AvgIpc) is 3.03. The molecule has 0 spiro atoms. The molecule has 25 heavy (non-hydrogen) atoms. The fraction of sp³-hybridized carbons (Fsp3) is 0.118. The van der Waals surface area contributed by atoms with E-state index >= 15 is 0 Å². The van der Waals surface area contributed by atoms with Crippen molar-refractivity contribution >= 4 is 46.4 Å². The molecule has 3 rings (SSSR count). The summed E-state index contributed by atoms with van der Waals surface area (Å²) in [7, 11) is 0. The second-order valence-corrected chi connectivity index (χ2v) is 6.02. The number of rotatable bonds is 4. The molecule has 0 aliphatic carbocycles. The number of carbonyl (C=O) groups is 2. The number of carbonyl (C=O) groups excluding carboxylic acids is 2. The van der Waals surface area contributed by atoms with Gasteiger partial charge in [-0.25, -0.2) is 9.78 Å². The zero-order chi connectivity index (χ0) is 18.0. The Balaban J connectivity index is 1.68. The number of aromatic nitrogens is 2. The van der Waals surface area contributed by atoms with Crippen molar-refractivity contribution in [2.75, 3.05) is 5.32 Å². The highest BCUT2D eigenvalue weighted by atomic mass is 35.5. The van der Waals surface area contributed by atoms with Crippen LogP contribution in [0.3, 0.4) is 0 Å². The maximum absolute atomic E-state index is 12.2. The molecule has 2 heterocycles. The third-order valence-corrected chi connectivity index (χ3v) is 4.25. The molecule has 8 heteroatoms. The number of hydrogen-bond acceptors (Lipinski definition) is 4. The monoisotopic (exact) mass is 377 g/mol. The smallest absolute Gasteiger partial charge is 0.359 e. The van der Waals surface area contributed by atoms with Gasteiger partial charge in [-0.15, -0.1) is 0 Å². The summed E-state index contributed by atoms with van der Waals surface area (Å²) in [4.78, 5) is 28.5. The van der Waals surface area contributed by atoms with Gasteiger partial charge in [0.2, 0.25) is 0 Å². The largest absolute Gasteiger partial charge is 0.448 e. The third kappa shape index (κ3) is 3.75. The lowest BCUT2D eigenvalue weighted by molar-refractivity contribution is -0.123.